The number of rotatable bonds is 7. The Morgan fingerprint density at radius 2 is 1.62 bits per heavy atom. The van der Waals surface area contributed by atoms with Gasteiger partial charge in [-0.3, -0.25) is 9.59 Å². The van der Waals surface area contributed by atoms with Gasteiger partial charge in [0.25, 0.3) is 0 Å². The molecule has 1 rings (SSSR count). The van der Waals surface area contributed by atoms with Gasteiger partial charge in [-0.1, -0.05) is 37.3 Å². The van der Waals surface area contributed by atoms with Crippen LogP contribution in [0.25, 0.3) is 0 Å². The summed E-state index contributed by atoms with van der Waals surface area (Å²) in [5, 5.41) is 0. The van der Waals surface area contributed by atoms with Crippen molar-refractivity contribution in [1.29, 1.82) is 0 Å². The van der Waals surface area contributed by atoms with Crippen molar-refractivity contribution in [3.8, 4) is 0 Å². The van der Waals surface area contributed by atoms with E-state index in [0.717, 1.165) is 19.3 Å². The van der Waals surface area contributed by atoms with Gasteiger partial charge in [0.1, 0.15) is 0 Å². The van der Waals surface area contributed by atoms with E-state index in [9.17, 15) is 9.59 Å². The van der Waals surface area contributed by atoms with Crippen LogP contribution in [0, 0.1) is 0 Å². The van der Waals surface area contributed by atoms with Crippen LogP contribution in [0.3, 0.4) is 0 Å². The van der Waals surface area contributed by atoms with E-state index >= 15 is 0 Å². The summed E-state index contributed by atoms with van der Waals surface area (Å²) in [6, 6.07) is 10.0. The summed E-state index contributed by atoms with van der Waals surface area (Å²) in [5.74, 6) is -0.423. The predicted molar refractivity (Wildman–Crippen MR) is 64.3 cm³/mol. The first-order valence-corrected chi connectivity index (χ1v) is 5.84. The molecule has 0 unspecified atom stereocenters. The summed E-state index contributed by atoms with van der Waals surface area (Å²) >= 11 is 0. The van der Waals surface area contributed by atoms with Crippen LogP contribution < -0.4 is 0 Å². The first-order chi connectivity index (χ1) is 7.74. The number of carbonyl (C=O) groups is 2. The average molecular weight is 218 g/mol. The number of aryl methyl sites for hydroxylation is 1. The molecule has 0 spiro atoms. The smallest absolute Gasteiger partial charge is 0.198 e. The molecular weight excluding hydrogens is 200 g/mol. The minimum Gasteiger partial charge on any atom is -0.291 e. The molecule has 1 aromatic carbocycles. The number of hydrogen-bond acceptors (Lipinski definition) is 2. The molecule has 16 heavy (non-hydrogen) atoms. The predicted octanol–water partition coefficient (Wildman–Crippen LogP) is 2.95. The second-order valence-electron chi connectivity index (χ2n) is 3.94. The maximum Gasteiger partial charge on any atom is 0.198 e. The topological polar surface area (TPSA) is 34.1 Å². The molecule has 0 aromatic heterocycles. The Kier molecular flexibility index (Phi) is 5.48. The maximum absolute atomic E-state index is 11.4. The van der Waals surface area contributed by atoms with Crippen molar-refractivity contribution in [1.82, 2.24) is 0 Å². The molecule has 0 saturated heterocycles. The molecule has 0 saturated carbocycles. The van der Waals surface area contributed by atoms with E-state index in [4.69, 9.17) is 0 Å². The molecule has 0 heterocycles. The van der Waals surface area contributed by atoms with Gasteiger partial charge in [0.05, 0.1) is 0 Å². The standard InChI is InChI=1S/C14H18O2/c1-2-7-13(15)14(16)11-6-10-12-8-4-3-5-9-12/h3-5,8-9H,2,6-7,10-11H2,1H3. The van der Waals surface area contributed by atoms with Crippen LogP contribution in [-0.2, 0) is 16.0 Å². The van der Waals surface area contributed by atoms with Gasteiger partial charge in [-0.25, -0.2) is 0 Å². The molecule has 1 aromatic rings. The molecule has 0 atom stereocenters. The minimum atomic E-state index is -0.212. The summed E-state index contributed by atoms with van der Waals surface area (Å²) in [6.07, 6.45) is 3.16. The lowest BCUT2D eigenvalue weighted by atomic mass is 10.0. The van der Waals surface area contributed by atoms with Crippen molar-refractivity contribution in [2.24, 2.45) is 0 Å². The Balaban J connectivity index is 2.26. The van der Waals surface area contributed by atoms with E-state index in [1.54, 1.807) is 0 Å². The lowest BCUT2D eigenvalue weighted by molar-refractivity contribution is -0.136. The molecular formula is C14H18O2. The molecule has 0 amide bonds. The highest BCUT2D eigenvalue weighted by molar-refractivity contribution is 6.37. The first kappa shape index (κ1) is 12.6. The molecule has 0 N–H and O–H groups in total. The Morgan fingerprint density at radius 1 is 1.00 bits per heavy atom. The van der Waals surface area contributed by atoms with Crippen LogP contribution in [0.1, 0.15) is 38.2 Å². The third kappa shape index (κ3) is 4.39. The third-order valence-corrected chi connectivity index (χ3v) is 2.50. The van der Waals surface area contributed by atoms with Crippen molar-refractivity contribution in [3.63, 3.8) is 0 Å². The molecule has 2 heteroatoms. The Bertz CT molecular complexity index is 341. The Morgan fingerprint density at radius 3 is 2.25 bits per heavy atom. The molecule has 0 radical (unpaired) electrons. The number of Topliss-reactive ketones (excluding diaryl/α,β-unsaturated/α-hetero) is 2. The summed E-state index contributed by atoms with van der Waals surface area (Å²) < 4.78 is 0. The van der Waals surface area contributed by atoms with Gasteiger partial charge in [-0.2, -0.15) is 0 Å². The van der Waals surface area contributed by atoms with Crippen molar-refractivity contribution < 1.29 is 9.59 Å². The highest BCUT2D eigenvalue weighted by Crippen LogP contribution is 2.05. The molecule has 0 bridgehead atoms. The quantitative estimate of drug-likeness (QED) is 0.659. The summed E-state index contributed by atoms with van der Waals surface area (Å²) in [5.41, 5.74) is 1.22. The highest BCUT2D eigenvalue weighted by atomic mass is 16.2. The fourth-order valence-corrected chi connectivity index (χ4v) is 1.60. The van der Waals surface area contributed by atoms with Gasteiger partial charge < -0.3 is 0 Å². The van der Waals surface area contributed by atoms with E-state index in [2.05, 4.69) is 0 Å². The van der Waals surface area contributed by atoms with Crippen molar-refractivity contribution in [2.75, 3.05) is 0 Å². The Labute approximate surface area is 96.7 Å². The van der Waals surface area contributed by atoms with Crippen LogP contribution in [0.4, 0.5) is 0 Å². The number of ketones is 2. The molecule has 0 aliphatic carbocycles. The van der Waals surface area contributed by atoms with Crippen molar-refractivity contribution >= 4 is 11.6 Å². The minimum absolute atomic E-state index is 0.210. The van der Waals surface area contributed by atoms with Crippen molar-refractivity contribution in [3.05, 3.63) is 35.9 Å². The van der Waals surface area contributed by atoms with Gasteiger partial charge in [-0.05, 0) is 24.8 Å². The van der Waals surface area contributed by atoms with Crippen LogP contribution in [0.5, 0.6) is 0 Å². The molecule has 0 aliphatic heterocycles. The van der Waals surface area contributed by atoms with Crippen LogP contribution in [0.15, 0.2) is 30.3 Å². The van der Waals surface area contributed by atoms with Crippen LogP contribution in [0.2, 0.25) is 0 Å². The van der Waals surface area contributed by atoms with Gasteiger partial charge in [-0.15, -0.1) is 0 Å². The summed E-state index contributed by atoms with van der Waals surface area (Å²) in [6.45, 7) is 1.91. The van der Waals surface area contributed by atoms with Crippen LogP contribution in [-0.4, -0.2) is 11.6 Å². The van der Waals surface area contributed by atoms with E-state index in [0.29, 0.717) is 12.8 Å². The Hall–Kier alpha value is -1.44. The first-order valence-electron chi connectivity index (χ1n) is 5.84. The average Bonchev–Trinajstić information content (AvgIpc) is 2.30. The maximum atomic E-state index is 11.4. The van der Waals surface area contributed by atoms with Gasteiger partial charge in [0.15, 0.2) is 11.6 Å². The zero-order valence-electron chi connectivity index (χ0n) is 9.74. The van der Waals surface area contributed by atoms with Gasteiger partial charge in [0.2, 0.25) is 0 Å². The second kappa shape index (κ2) is 6.94. The second-order valence-corrected chi connectivity index (χ2v) is 3.94. The fourth-order valence-electron chi connectivity index (χ4n) is 1.60. The van der Waals surface area contributed by atoms with Crippen molar-refractivity contribution in [2.45, 2.75) is 39.0 Å². The SMILES string of the molecule is CCCC(=O)C(=O)CCCc1ccccc1. The van der Waals surface area contributed by atoms with Crippen LogP contribution >= 0.6 is 0 Å². The normalized spacial score (nSPS) is 10.1. The zero-order valence-corrected chi connectivity index (χ0v) is 9.74. The number of carbonyl (C=O) groups excluding carboxylic acids is 2. The van der Waals surface area contributed by atoms with Gasteiger partial charge in [0, 0.05) is 12.8 Å². The largest absolute Gasteiger partial charge is 0.291 e. The summed E-state index contributed by atoms with van der Waals surface area (Å²) in [7, 11) is 0. The third-order valence-electron chi connectivity index (χ3n) is 2.50. The molecule has 86 valence electrons. The summed E-state index contributed by atoms with van der Waals surface area (Å²) in [4.78, 5) is 22.6. The fraction of sp³-hybridized carbons (Fsp3) is 0.429. The molecule has 0 aliphatic rings. The molecule has 0 fully saturated rings. The monoisotopic (exact) mass is 218 g/mol. The number of benzene rings is 1. The molecule has 2 nitrogen and oxygen atoms in total. The van der Waals surface area contributed by atoms with E-state index < -0.39 is 0 Å². The number of hydrogen-bond donors (Lipinski definition) is 0. The zero-order chi connectivity index (χ0) is 11.8. The van der Waals surface area contributed by atoms with E-state index in [1.807, 2.05) is 37.3 Å². The van der Waals surface area contributed by atoms with Gasteiger partial charge >= 0.3 is 0 Å². The lowest BCUT2D eigenvalue weighted by Gasteiger charge is -2.00. The highest BCUT2D eigenvalue weighted by Gasteiger charge is 2.11. The van der Waals surface area contributed by atoms with E-state index in [-0.39, 0.29) is 11.6 Å². The lowest BCUT2D eigenvalue weighted by Crippen LogP contribution is -2.13. The van der Waals surface area contributed by atoms with E-state index in [1.165, 1.54) is 5.56 Å².